The Kier molecular flexibility index (Phi) is 5.57. The lowest BCUT2D eigenvalue weighted by molar-refractivity contribution is -0.137. The van der Waals surface area contributed by atoms with Crippen molar-refractivity contribution < 1.29 is 9.59 Å². The molecular formula is C18H31N3O2. The van der Waals surface area contributed by atoms with Gasteiger partial charge in [-0.1, -0.05) is 19.3 Å². The van der Waals surface area contributed by atoms with Gasteiger partial charge in [-0.25, -0.2) is 0 Å². The molecule has 2 saturated carbocycles. The van der Waals surface area contributed by atoms with Crippen LogP contribution in [0.5, 0.6) is 0 Å². The summed E-state index contributed by atoms with van der Waals surface area (Å²) in [5.74, 6) is 0.292. The highest BCUT2D eigenvalue weighted by molar-refractivity contribution is 5.88. The third-order valence-electron chi connectivity index (χ3n) is 5.61. The van der Waals surface area contributed by atoms with Gasteiger partial charge in [0.2, 0.25) is 11.8 Å². The number of hydrogen-bond donors (Lipinski definition) is 1. The molecule has 3 fully saturated rings. The number of nitrogens with one attached hydrogen (secondary N) is 1. The van der Waals surface area contributed by atoms with E-state index in [4.69, 9.17) is 0 Å². The van der Waals surface area contributed by atoms with Crippen LogP contribution in [0, 0.1) is 5.92 Å². The Morgan fingerprint density at radius 2 is 1.65 bits per heavy atom. The molecule has 3 aliphatic rings. The molecule has 0 spiro atoms. The maximum atomic E-state index is 12.7. The SMILES string of the molecule is C[C@@H](NC(=O)C1CCCCC1)C(=O)N1CCCN(C2CC2)CC1. The molecule has 0 bridgehead atoms. The van der Waals surface area contributed by atoms with Gasteiger partial charge in [0, 0.05) is 38.1 Å². The van der Waals surface area contributed by atoms with E-state index in [1.807, 2.05) is 11.8 Å². The van der Waals surface area contributed by atoms with Crippen LogP contribution in [-0.2, 0) is 9.59 Å². The molecule has 130 valence electrons. The number of nitrogens with zero attached hydrogens (tertiary/aromatic N) is 2. The van der Waals surface area contributed by atoms with Gasteiger partial charge in [0.05, 0.1) is 0 Å². The highest BCUT2D eigenvalue weighted by atomic mass is 16.2. The fourth-order valence-electron chi connectivity index (χ4n) is 3.99. The molecule has 0 aromatic rings. The van der Waals surface area contributed by atoms with Crippen molar-refractivity contribution in [3.8, 4) is 0 Å². The smallest absolute Gasteiger partial charge is 0.244 e. The zero-order valence-electron chi connectivity index (χ0n) is 14.4. The Labute approximate surface area is 139 Å². The molecular weight excluding hydrogens is 290 g/mol. The van der Waals surface area contributed by atoms with Crippen molar-refractivity contribution in [3.63, 3.8) is 0 Å². The molecule has 1 saturated heterocycles. The third-order valence-corrected chi connectivity index (χ3v) is 5.61. The maximum Gasteiger partial charge on any atom is 0.244 e. The summed E-state index contributed by atoms with van der Waals surface area (Å²) in [4.78, 5) is 29.5. The fourth-order valence-corrected chi connectivity index (χ4v) is 3.99. The quantitative estimate of drug-likeness (QED) is 0.858. The first-order valence-corrected chi connectivity index (χ1v) is 9.48. The minimum Gasteiger partial charge on any atom is -0.344 e. The lowest BCUT2D eigenvalue weighted by Crippen LogP contribution is -2.49. The molecule has 1 atom stereocenters. The molecule has 2 aliphatic carbocycles. The van der Waals surface area contributed by atoms with Crippen LogP contribution >= 0.6 is 0 Å². The first kappa shape index (κ1) is 16.7. The first-order valence-electron chi connectivity index (χ1n) is 9.48. The number of amides is 2. The zero-order chi connectivity index (χ0) is 16.2. The van der Waals surface area contributed by atoms with Gasteiger partial charge < -0.3 is 10.2 Å². The lowest BCUT2D eigenvalue weighted by Gasteiger charge is -2.27. The number of carbonyl (C=O) groups excluding carboxylic acids is 2. The Hall–Kier alpha value is -1.10. The van der Waals surface area contributed by atoms with Crippen molar-refractivity contribution in [3.05, 3.63) is 0 Å². The zero-order valence-corrected chi connectivity index (χ0v) is 14.4. The van der Waals surface area contributed by atoms with Crippen LogP contribution in [-0.4, -0.2) is 59.9 Å². The third kappa shape index (κ3) is 4.46. The minimum atomic E-state index is -0.392. The van der Waals surface area contributed by atoms with Crippen molar-refractivity contribution >= 4 is 11.8 Å². The molecule has 3 rings (SSSR count). The fraction of sp³-hybridized carbons (Fsp3) is 0.889. The van der Waals surface area contributed by atoms with Crippen LogP contribution in [0.1, 0.15) is 58.3 Å². The second-order valence-electron chi connectivity index (χ2n) is 7.51. The Morgan fingerprint density at radius 1 is 0.913 bits per heavy atom. The van der Waals surface area contributed by atoms with Crippen LogP contribution in [0.4, 0.5) is 0 Å². The van der Waals surface area contributed by atoms with Gasteiger partial charge in [0.1, 0.15) is 6.04 Å². The largest absolute Gasteiger partial charge is 0.344 e. The van der Waals surface area contributed by atoms with Crippen LogP contribution in [0.3, 0.4) is 0 Å². The molecule has 2 amide bonds. The highest BCUT2D eigenvalue weighted by Gasteiger charge is 2.32. The van der Waals surface area contributed by atoms with E-state index in [2.05, 4.69) is 10.2 Å². The van der Waals surface area contributed by atoms with Gasteiger partial charge in [-0.15, -0.1) is 0 Å². The standard InChI is InChI=1S/C18H31N3O2/c1-14(19-17(22)15-6-3-2-4-7-15)18(23)21-11-5-10-20(12-13-21)16-8-9-16/h14-16H,2-13H2,1H3,(H,19,22)/t14-/m1/s1. The molecule has 0 aromatic carbocycles. The molecule has 0 unspecified atom stereocenters. The maximum absolute atomic E-state index is 12.7. The van der Waals surface area contributed by atoms with Gasteiger partial charge in [-0.05, 0) is 39.0 Å². The van der Waals surface area contributed by atoms with Gasteiger partial charge in [-0.3, -0.25) is 14.5 Å². The van der Waals surface area contributed by atoms with E-state index in [0.29, 0.717) is 0 Å². The Bertz CT molecular complexity index is 430. The molecule has 0 radical (unpaired) electrons. The molecule has 5 heteroatoms. The number of carbonyl (C=O) groups is 2. The predicted molar refractivity (Wildman–Crippen MR) is 90.0 cm³/mol. The number of hydrogen-bond acceptors (Lipinski definition) is 3. The summed E-state index contributed by atoms with van der Waals surface area (Å²) in [5, 5.41) is 2.97. The molecule has 23 heavy (non-hydrogen) atoms. The van der Waals surface area contributed by atoms with Crippen LogP contribution in [0.2, 0.25) is 0 Å². The minimum absolute atomic E-state index is 0.0833. The number of rotatable bonds is 4. The summed E-state index contributed by atoms with van der Waals surface area (Å²) < 4.78 is 0. The summed E-state index contributed by atoms with van der Waals surface area (Å²) >= 11 is 0. The van der Waals surface area contributed by atoms with E-state index in [-0.39, 0.29) is 17.7 Å². The van der Waals surface area contributed by atoms with Crippen LogP contribution in [0.15, 0.2) is 0 Å². The second kappa shape index (κ2) is 7.65. The van der Waals surface area contributed by atoms with Gasteiger partial charge in [-0.2, -0.15) is 0 Å². The summed E-state index contributed by atoms with van der Waals surface area (Å²) in [5.41, 5.74) is 0. The molecule has 1 N–H and O–H groups in total. The Balaban J connectivity index is 1.47. The average molecular weight is 321 g/mol. The molecule has 0 aromatic heterocycles. The summed E-state index contributed by atoms with van der Waals surface area (Å²) in [6, 6.07) is 0.380. The Morgan fingerprint density at radius 3 is 2.35 bits per heavy atom. The van der Waals surface area contributed by atoms with E-state index >= 15 is 0 Å². The van der Waals surface area contributed by atoms with E-state index in [0.717, 1.165) is 64.3 Å². The van der Waals surface area contributed by atoms with Gasteiger partial charge >= 0.3 is 0 Å². The van der Waals surface area contributed by atoms with E-state index in [1.54, 1.807) is 0 Å². The first-order chi connectivity index (χ1) is 11.1. The van der Waals surface area contributed by atoms with Crippen molar-refractivity contribution in [2.45, 2.75) is 70.4 Å². The van der Waals surface area contributed by atoms with E-state index < -0.39 is 6.04 Å². The van der Waals surface area contributed by atoms with E-state index in [1.165, 1.54) is 19.3 Å². The molecule has 5 nitrogen and oxygen atoms in total. The van der Waals surface area contributed by atoms with Crippen molar-refractivity contribution in [1.82, 2.24) is 15.1 Å². The predicted octanol–water partition coefficient (Wildman–Crippen LogP) is 1.77. The van der Waals surface area contributed by atoms with Crippen molar-refractivity contribution in [1.29, 1.82) is 0 Å². The second-order valence-corrected chi connectivity index (χ2v) is 7.51. The van der Waals surface area contributed by atoms with Crippen LogP contribution in [0.25, 0.3) is 0 Å². The van der Waals surface area contributed by atoms with Gasteiger partial charge in [0.25, 0.3) is 0 Å². The topological polar surface area (TPSA) is 52.7 Å². The summed E-state index contributed by atoms with van der Waals surface area (Å²) in [6.07, 6.45) is 9.17. The summed E-state index contributed by atoms with van der Waals surface area (Å²) in [7, 11) is 0. The monoisotopic (exact) mass is 321 g/mol. The van der Waals surface area contributed by atoms with Gasteiger partial charge in [0.15, 0.2) is 0 Å². The average Bonchev–Trinajstić information content (AvgIpc) is 3.40. The van der Waals surface area contributed by atoms with Crippen molar-refractivity contribution in [2.75, 3.05) is 26.2 Å². The van der Waals surface area contributed by atoms with Crippen LogP contribution < -0.4 is 5.32 Å². The van der Waals surface area contributed by atoms with Crippen molar-refractivity contribution in [2.24, 2.45) is 5.92 Å². The lowest BCUT2D eigenvalue weighted by atomic mass is 9.88. The highest BCUT2D eigenvalue weighted by Crippen LogP contribution is 2.27. The molecule has 1 heterocycles. The summed E-state index contributed by atoms with van der Waals surface area (Å²) in [6.45, 7) is 5.56. The van der Waals surface area contributed by atoms with E-state index in [9.17, 15) is 9.59 Å². The normalized spacial score (nSPS) is 25.7. The molecule has 1 aliphatic heterocycles.